The Labute approximate surface area is 131 Å². The molecule has 2 heterocycles. The molecule has 0 saturated carbocycles. The molecule has 0 radical (unpaired) electrons. The van der Waals surface area contributed by atoms with E-state index in [1.165, 1.54) is 11.1 Å². The van der Waals surface area contributed by atoms with E-state index in [2.05, 4.69) is 35.1 Å². The van der Waals surface area contributed by atoms with Crippen molar-refractivity contribution in [1.29, 1.82) is 0 Å². The molecule has 4 nitrogen and oxygen atoms in total. The highest BCUT2D eigenvalue weighted by Gasteiger charge is 2.09. The fourth-order valence-corrected chi connectivity index (χ4v) is 2.45. The van der Waals surface area contributed by atoms with Crippen LogP contribution in [0.4, 0.5) is 0 Å². The third-order valence-electron chi connectivity index (χ3n) is 3.79. The van der Waals surface area contributed by atoms with Crippen LogP contribution in [0.25, 0.3) is 5.57 Å². The maximum atomic E-state index is 5.79. The average Bonchev–Trinajstić information content (AvgIpc) is 2.57. The zero-order valence-electron chi connectivity index (χ0n) is 13.0. The Morgan fingerprint density at radius 2 is 1.82 bits per heavy atom. The van der Waals surface area contributed by atoms with Crippen LogP contribution in [0, 0.1) is 0 Å². The summed E-state index contributed by atoms with van der Waals surface area (Å²) in [5.74, 6) is 2.09. The van der Waals surface area contributed by atoms with Crippen LogP contribution in [0.1, 0.15) is 12.0 Å². The minimum Gasteiger partial charge on any atom is -0.481 e. The van der Waals surface area contributed by atoms with Crippen molar-refractivity contribution in [3.05, 3.63) is 54.2 Å². The summed E-state index contributed by atoms with van der Waals surface area (Å²) in [6.45, 7) is 2.13. The zero-order valence-corrected chi connectivity index (χ0v) is 13.0. The molecule has 0 fully saturated rings. The highest BCUT2D eigenvalue weighted by Crippen LogP contribution is 2.26. The van der Waals surface area contributed by atoms with Gasteiger partial charge in [0.05, 0.1) is 13.3 Å². The lowest BCUT2D eigenvalue weighted by atomic mass is 10.00. The first-order chi connectivity index (χ1) is 10.7. The predicted octanol–water partition coefficient (Wildman–Crippen LogP) is 3.60. The Balaban J connectivity index is 1.68. The first-order valence-electron chi connectivity index (χ1n) is 7.40. The molecule has 1 aromatic heterocycles. The monoisotopic (exact) mass is 296 g/mol. The Morgan fingerprint density at radius 3 is 2.41 bits per heavy atom. The van der Waals surface area contributed by atoms with Gasteiger partial charge in [-0.3, -0.25) is 0 Å². The van der Waals surface area contributed by atoms with Gasteiger partial charge in [0.1, 0.15) is 11.5 Å². The fraction of sp³-hybridized carbons (Fsp3) is 0.278. The molecule has 1 aliphatic heterocycles. The van der Waals surface area contributed by atoms with Gasteiger partial charge in [0.2, 0.25) is 5.88 Å². The summed E-state index contributed by atoms with van der Waals surface area (Å²) in [7, 11) is 3.74. The van der Waals surface area contributed by atoms with Gasteiger partial charge in [-0.2, -0.15) is 0 Å². The highest BCUT2D eigenvalue weighted by atomic mass is 16.5. The molecular weight excluding hydrogens is 276 g/mol. The van der Waals surface area contributed by atoms with Crippen LogP contribution in [-0.4, -0.2) is 37.1 Å². The molecule has 0 amide bonds. The van der Waals surface area contributed by atoms with E-state index < -0.39 is 0 Å². The van der Waals surface area contributed by atoms with Crippen molar-refractivity contribution in [2.24, 2.45) is 0 Å². The largest absolute Gasteiger partial charge is 0.481 e. The minimum atomic E-state index is 0.580. The summed E-state index contributed by atoms with van der Waals surface area (Å²) in [4.78, 5) is 6.45. The van der Waals surface area contributed by atoms with Crippen molar-refractivity contribution >= 4 is 5.57 Å². The second-order valence-corrected chi connectivity index (χ2v) is 5.40. The molecule has 0 N–H and O–H groups in total. The second-order valence-electron chi connectivity index (χ2n) is 5.40. The topological polar surface area (TPSA) is 34.6 Å². The summed E-state index contributed by atoms with van der Waals surface area (Å²) in [6.07, 6.45) is 5.05. The fourth-order valence-electron chi connectivity index (χ4n) is 2.45. The number of hydrogen-bond donors (Lipinski definition) is 0. The van der Waals surface area contributed by atoms with Gasteiger partial charge in [0, 0.05) is 19.2 Å². The molecule has 1 aromatic carbocycles. The maximum absolute atomic E-state index is 5.79. The van der Waals surface area contributed by atoms with E-state index in [9.17, 15) is 0 Å². The van der Waals surface area contributed by atoms with Crippen molar-refractivity contribution in [2.75, 3.05) is 27.2 Å². The molecule has 1 aliphatic rings. The number of methoxy groups -OCH3 is 1. The summed E-state index contributed by atoms with van der Waals surface area (Å²) < 4.78 is 10.8. The molecule has 114 valence electrons. The minimum absolute atomic E-state index is 0.580. The van der Waals surface area contributed by atoms with Crippen molar-refractivity contribution in [1.82, 2.24) is 9.88 Å². The van der Waals surface area contributed by atoms with Crippen LogP contribution in [0.3, 0.4) is 0 Å². The van der Waals surface area contributed by atoms with E-state index >= 15 is 0 Å². The van der Waals surface area contributed by atoms with Crippen LogP contribution >= 0.6 is 0 Å². The molecule has 0 bridgehead atoms. The number of benzene rings is 1. The quantitative estimate of drug-likeness (QED) is 0.863. The van der Waals surface area contributed by atoms with Gasteiger partial charge in [-0.15, -0.1) is 0 Å². The third-order valence-corrected chi connectivity index (χ3v) is 3.79. The molecule has 0 atom stereocenters. The maximum Gasteiger partial charge on any atom is 0.213 e. The molecule has 0 saturated heterocycles. The molecule has 0 aliphatic carbocycles. The van der Waals surface area contributed by atoms with Crippen LogP contribution in [0.5, 0.6) is 17.4 Å². The highest BCUT2D eigenvalue weighted by molar-refractivity contribution is 5.67. The standard InChI is InChI=1S/C18H20N2O2/c1-20-11-9-15(10-12-20)14-3-5-16(6-4-14)22-17-7-8-18(21-2)19-13-17/h3-9,13H,10-12H2,1-2H3. The van der Waals surface area contributed by atoms with E-state index in [-0.39, 0.29) is 0 Å². The van der Waals surface area contributed by atoms with E-state index in [4.69, 9.17) is 9.47 Å². The first-order valence-corrected chi connectivity index (χ1v) is 7.40. The van der Waals surface area contributed by atoms with Crippen LogP contribution < -0.4 is 9.47 Å². The van der Waals surface area contributed by atoms with Crippen molar-refractivity contribution in [3.8, 4) is 17.4 Å². The van der Waals surface area contributed by atoms with Crippen LogP contribution in [-0.2, 0) is 0 Å². The number of ether oxygens (including phenoxy) is 2. The predicted molar refractivity (Wildman–Crippen MR) is 87.4 cm³/mol. The number of likely N-dealkylation sites (N-methyl/N-ethyl adjacent to an activating group) is 1. The lowest BCUT2D eigenvalue weighted by molar-refractivity contribution is 0.370. The zero-order chi connectivity index (χ0) is 15.4. The Morgan fingerprint density at radius 1 is 1.05 bits per heavy atom. The molecule has 3 rings (SSSR count). The van der Waals surface area contributed by atoms with Gasteiger partial charge in [0.15, 0.2) is 0 Å². The lowest BCUT2D eigenvalue weighted by Crippen LogP contribution is -2.23. The molecule has 2 aromatic rings. The van der Waals surface area contributed by atoms with Crippen LogP contribution in [0.2, 0.25) is 0 Å². The normalized spacial score (nSPS) is 15.3. The Kier molecular flexibility index (Phi) is 4.39. The smallest absolute Gasteiger partial charge is 0.213 e. The van der Waals surface area contributed by atoms with Gasteiger partial charge in [-0.05, 0) is 42.8 Å². The average molecular weight is 296 g/mol. The van der Waals surface area contributed by atoms with Crippen molar-refractivity contribution < 1.29 is 9.47 Å². The van der Waals surface area contributed by atoms with E-state index in [0.717, 1.165) is 25.3 Å². The number of aromatic nitrogens is 1. The van der Waals surface area contributed by atoms with Crippen molar-refractivity contribution in [3.63, 3.8) is 0 Å². The molecule has 22 heavy (non-hydrogen) atoms. The number of rotatable bonds is 4. The Hall–Kier alpha value is -2.33. The van der Waals surface area contributed by atoms with Gasteiger partial charge in [0.25, 0.3) is 0 Å². The molecule has 0 unspecified atom stereocenters. The molecular formula is C18H20N2O2. The summed E-state index contributed by atoms with van der Waals surface area (Å²) in [5.41, 5.74) is 2.68. The van der Waals surface area contributed by atoms with Gasteiger partial charge in [-0.1, -0.05) is 18.2 Å². The molecule has 4 heteroatoms. The Bertz CT molecular complexity index is 648. The van der Waals surface area contributed by atoms with Crippen molar-refractivity contribution in [2.45, 2.75) is 6.42 Å². The summed E-state index contributed by atoms with van der Waals surface area (Å²) in [5, 5.41) is 0. The number of hydrogen-bond acceptors (Lipinski definition) is 4. The van der Waals surface area contributed by atoms with Gasteiger partial charge >= 0.3 is 0 Å². The third kappa shape index (κ3) is 3.46. The second kappa shape index (κ2) is 6.62. The van der Waals surface area contributed by atoms with E-state index in [1.54, 1.807) is 19.4 Å². The van der Waals surface area contributed by atoms with Gasteiger partial charge in [-0.25, -0.2) is 4.98 Å². The van der Waals surface area contributed by atoms with E-state index in [0.29, 0.717) is 11.6 Å². The van der Waals surface area contributed by atoms with E-state index in [1.807, 2.05) is 18.2 Å². The molecule has 0 spiro atoms. The first kappa shape index (κ1) is 14.6. The summed E-state index contributed by atoms with van der Waals surface area (Å²) >= 11 is 0. The SMILES string of the molecule is COc1ccc(Oc2ccc(C3=CCN(C)CC3)cc2)cn1. The summed E-state index contributed by atoms with van der Waals surface area (Å²) in [6, 6.07) is 11.9. The lowest BCUT2D eigenvalue weighted by Gasteiger charge is -2.22. The van der Waals surface area contributed by atoms with Gasteiger partial charge < -0.3 is 14.4 Å². The van der Waals surface area contributed by atoms with Crippen LogP contribution in [0.15, 0.2) is 48.7 Å². The number of nitrogens with zero attached hydrogens (tertiary/aromatic N) is 2. The number of pyridine rings is 1.